The molecule has 2 aromatic carbocycles. The van der Waals surface area contributed by atoms with Crippen LogP contribution in [0.2, 0.25) is 5.02 Å². The number of hydrogen-bond acceptors (Lipinski definition) is 4. The fourth-order valence-corrected chi connectivity index (χ4v) is 2.98. The zero-order valence-corrected chi connectivity index (χ0v) is 18.1. The molecular formula is C23H28ClNO4. The largest absolute Gasteiger partial charge is 0.491 e. The second-order valence-electron chi connectivity index (χ2n) is 6.65. The smallest absolute Gasteiger partial charge is 0.244 e. The second-order valence-corrected chi connectivity index (χ2v) is 7.05. The first-order chi connectivity index (χ1) is 13.9. The Labute approximate surface area is 177 Å². The first-order valence-corrected chi connectivity index (χ1v) is 9.97. The summed E-state index contributed by atoms with van der Waals surface area (Å²) in [6, 6.07) is 11.4. The normalized spacial score (nSPS) is 11.1. The lowest BCUT2D eigenvalue weighted by Crippen LogP contribution is -2.21. The second kappa shape index (κ2) is 11.5. The summed E-state index contributed by atoms with van der Waals surface area (Å²) in [5.41, 5.74) is 2.84. The highest BCUT2D eigenvalue weighted by Crippen LogP contribution is 2.36. The third kappa shape index (κ3) is 7.11. The zero-order chi connectivity index (χ0) is 21.2. The molecule has 2 rings (SSSR count). The predicted octanol–water partition coefficient (Wildman–Crippen LogP) is 5.00. The van der Waals surface area contributed by atoms with E-state index >= 15 is 0 Å². The first kappa shape index (κ1) is 22.8. The van der Waals surface area contributed by atoms with Crippen LogP contribution < -0.4 is 14.8 Å². The monoisotopic (exact) mass is 417 g/mol. The number of rotatable bonds is 10. The third-order valence-electron chi connectivity index (χ3n) is 4.11. The Bertz CT molecular complexity index is 849. The average molecular weight is 418 g/mol. The van der Waals surface area contributed by atoms with Gasteiger partial charge in [0, 0.05) is 12.6 Å². The van der Waals surface area contributed by atoms with Crippen molar-refractivity contribution in [3.05, 3.63) is 64.2 Å². The number of nitrogens with one attached hydrogen (secondary N) is 1. The average Bonchev–Trinajstić information content (AvgIpc) is 2.70. The topological polar surface area (TPSA) is 56.8 Å². The molecule has 0 saturated heterocycles. The molecule has 0 bridgehead atoms. The summed E-state index contributed by atoms with van der Waals surface area (Å²) in [4.78, 5) is 12.3. The molecular weight excluding hydrogens is 390 g/mol. The maximum absolute atomic E-state index is 12.3. The van der Waals surface area contributed by atoms with Gasteiger partial charge in [-0.15, -0.1) is 0 Å². The summed E-state index contributed by atoms with van der Waals surface area (Å²) < 4.78 is 16.5. The van der Waals surface area contributed by atoms with E-state index in [4.69, 9.17) is 25.8 Å². The fourth-order valence-electron chi connectivity index (χ4n) is 2.69. The van der Waals surface area contributed by atoms with Crippen molar-refractivity contribution in [2.75, 3.05) is 13.7 Å². The van der Waals surface area contributed by atoms with Gasteiger partial charge < -0.3 is 19.5 Å². The van der Waals surface area contributed by atoms with Crippen molar-refractivity contribution in [1.29, 1.82) is 0 Å². The van der Waals surface area contributed by atoms with Gasteiger partial charge in [-0.05, 0) is 55.7 Å². The Hall–Kier alpha value is -2.50. The van der Waals surface area contributed by atoms with Crippen LogP contribution in [0.15, 0.2) is 42.5 Å². The van der Waals surface area contributed by atoms with E-state index < -0.39 is 0 Å². The highest BCUT2D eigenvalue weighted by molar-refractivity contribution is 6.32. The zero-order valence-electron chi connectivity index (χ0n) is 17.3. The van der Waals surface area contributed by atoms with Gasteiger partial charge in [0.15, 0.2) is 11.5 Å². The van der Waals surface area contributed by atoms with Crippen LogP contribution >= 0.6 is 11.6 Å². The molecule has 1 amide bonds. The fraction of sp³-hybridized carbons (Fsp3) is 0.348. The molecule has 29 heavy (non-hydrogen) atoms. The highest BCUT2D eigenvalue weighted by atomic mass is 35.5. The van der Waals surface area contributed by atoms with Gasteiger partial charge >= 0.3 is 0 Å². The van der Waals surface area contributed by atoms with Gasteiger partial charge in [0.05, 0.1) is 31.5 Å². The summed E-state index contributed by atoms with van der Waals surface area (Å²) >= 11 is 6.24. The van der Waals surface area contributed by atoms with Gasteiger partial charge in [-0.3, -0.25) is 4.79 Å². The lowest BCUT2D eigenvalue weighted by atomic mass is 10.1. The molecule has 6 heteroatoms. The Kier molecular flexibility index (Phi) is 9.03. The Morgan fingerprint density at radius 2 is 1.93 bits per heavy atom. The van der Waals surface area contributed by atoms with Crippen molar-refractivity contribution in [3.63, 3.8) is 0 Å². The number of carbonyl (C=O) groups is 1. The Morgan fingerprint density at radius 3 is 2.59 bits per heavy atom. The number of carbonyl (C=O) groups excluding carboxylic acids is 1. The van der Waals surface area contributed by atoms with Crippen molar-refractivity contribution in [1.82, 2.24) is 5.32 Å². The Morgan fingerprint density at radius 1 is 1.21 bits per heavy atom. The molecule has 0 radical (unpaired) electrons. The minimum atomic E-state index is -0.200. The van der Waals surface area contributed by atoms with E-state index in [0.717, 1.165) is 16.7 Å². The molecule has 2 aromatic rings. The summed E-state index contributed by atoms with van der Waals surface area (Å²) in [5.74, 6) is 0.825. The molecule has 0 heterocycles. The molecule has 0 aromatic heterocycles. The molecule has 156 valence electrons. The summed E-state index contributed by atoms with van der Waals surface area (Å²) in [5, 5.41) is 3.33. The molecule has 0 fully saturated rings. The Balaban J connectivity index is 2.02. The minimum absolute atomic E-state index is 0.151. The van der Waals surface area contributed by atoms with E-state index in [2.05, 4.69) is 5.32 Å². The number of methoxy groups -OCH3 is 1. The molecule has 0 aliphatic heterocycles. The number of ether oxygens (including phenoxy) is 3. The molecule has 0 spiro atoms. The number of benzene rings is 2. The van der Waals surface area contributed by atoms with Gasteiger partial charge in [-0.25, -0.2) is 0 Å². The van der Waals surface area contributed by atoms with Crippen LogP contribution in [0.3, 0.4) is 0 Å². The molecule has 0 aliphatic carbocycles. The molecule has 5 nitrogen and oxygen atoms in total. The van der Waals surface area contributed by atoms with Crippen LogP contribution in [-0.2, 0) is 22.7 Å². The quantitative estimate of drug-likeness (QED) is 0.552. The summed E-state index contributed by atoms with van der Waals surface area (Å²) in [6.07, 6.45) is 3.32. The maximum atomic E-state index is 12.3. The maximum Gasteiger partial charge on any atom is 0.244 e. The SMILES string of the molecule is CCOc1cc(/C=C/C(=O)NCc2ccccc2COC(C)C)cc(Cl)c1OC. The van der Waals surface area contributed by atoms with E-state index in [-0.39, 0.29) is 12.0 Å². The van der Waals surface area contributed by atoms with E-state index in [1.165, 1.54) is 13.2 Å². The van der Waals surface area contributed by atoms with Gasteiger partial charge in [0.1, 0.15) is 0 Å². The van der Waals surface area contributed by atoms with Crippen LogP contribution in [0.4, 0.5) is 0 Å². The molecule has 0 atom stereocenters. The molecule has 0 saturated carbocycles. The lowest BCUT2D eigenvalue weighted by molar-refractivity contribution is -0.116. The van der Waals surface area contributed by atoms with Crippen molar-refractivity contribution >= 4 is 23.6 Å². The highest BCUT2D eigenvalue weighted by Gasteiger charge is 2.11. The summed E-state index contributed by atoms with van der Waals surface area (Å²) in [7, 11) is 1.54. The van der Waals surface area contributed by atoms with Crippen molar-refractivity contribution in [2.24, 2.45) is 0 Å². The van der Waals surface area contributed by atoms with Gasteiger partial charge in [-0.2, -0.15) is 0 Å². The molecule has 0 aliphatic rings. The van der Waals surface area contributed by atoms with E-state index in [1.54, 1.807) is 18.2 Å². The molecule has 1 N–H and O–H groups in total. The van der Waals surface area contributed by atoms with Gasteiger partial charge in [-0.1, -0.05) is 35.9 Å². The van der Waals surface area contributed by atoms with Crippen LogP contribution in [-0.4, -0.2) is 25.7 Å². The van der Waals surface area contributed by atoms with Gasteiger partial charge in [0.25, 0.3) is 0 Å². The van der Waals surface area contributed by atoms with Crippen LogP contribution in [0.25, 0.3) is 6.08 Å². The van der Waals surface area contributed by atoms with Crippen LogP contribution in [0.5, 0.6) is 11.5 Å². The van der Waals surface area contributed by atoms with Gasteiger partial charge in [0.2, 0.25) is 5.91 Å². The van der Waals surface area contributed by atoms with Crippen molar-refractivity contribution < 1.29 is 19.0 Å². The van der Waals surface area contributed by atoms with Crippen LogP contribution in [0.1, 0.15) is 37.5 Å². The van der Waals surface area contributed by atoms with E-state index in [0.29, 0.717) is 36.3 Å². The predicted molar refractivity (Wildman–Crippen MR) is 116 cm³/mol. The van der Waals surface area contributed by atoms with Crippen LogP contribution in [0, 0.1) is 0 Å². The lowest BCUT2D eigenvalue weighted by Gasteiger charge is -2.12. The minimum Gasteiger partial charge on any atom is -0.491 e. The third-order valence-corrected chi connectivity index (χ3v) is 4.39. The molecule has 0 unspecified atom stereocenters. The standard InChI is InChI=1S/C23H28ClNO4/c1-5-28-21-13-17(12-20(24)23(21)27-4)10-11-22(26)25-14-18-8-6-7-9-19(18)15-29-16(2)3/h6-13,16H,5,14-15H2,1-4H3,(H,25,26)/b11-10+. The first-order valence-electron chi connectivity index (χ1n) is 9.59. The number of hydrogen-bond donors (Lipinski definition) is 1. The van der Waals surface area contributed by atoms with Crippen molar-refractivity contribution in [2.45, 2.75) is 40.0 Å². The van der Waals surface area contributed by atoms with E-state index in [1.807, 2.05) is 45.0 Å². The number of halogens is 1. The number of amides is 1. The van der Waals surface area contributed by atoms with E-state index in [9.17, 15) is 4.79 Å². The van der Waals surface area contributed by atoms with Crippen molar-refractivity contribution in [3.8, 4) is 11.5 Å². The summed E-state index contributed by atoms with van der Waals surface area (Å²) in [6.45, 7) is 7.31.